The monoisotopic (exact) mass is 470 g/mol. The minimum absolute atomic E-state index is 0.143. The van der Waals surface area contributed by atoms with E-state index in [1.807, 2.05) is 6.92 Å². The molecule has 10 nitrogen and oxygen atoms in total. The number of anilines is 2. The molecule has 2 N–H and O–H groups in total. The average Bonchev–Trinajstić information content (AvgIpc) is 2.85. The Morgan fingerprint density at radius 3 is 1.76 bits per heavy atom. The number of amides is 2. The van der Waals surface area contributed by atoms with Gasteiger partial charge in [0.2, 0.25) is 5.91 Å². The molecule has 0 spiro atoms. The van der Waals surface area contributed by atoms with Gasteiger partial charge in [-0.05, 0) is 55.0 Å². The van der Waals surface area contributed by atoms with Crippen molar-refractivity contribution in [2.24, 2.45) is 0 Å². The summed E-state index contributed by atoms with van der Waals surface area (Å²) >= 11 is 0. The van der Waals surface area contributed by atoms with E-state index in [1.165, 1.54) is 43.5 Å². The highest BCUT2D eigenvalue weighted by atomic mass is 16.5. The Kier molecular flexibility index (Phi) is 10.2. The zero-order valence-corrected chi connectivity index (χ0v) is 18.9. The van der Waals surface area contributed by atoms with Gasteiger partial charge >= 0.3 is 17.9 Å². The van der Waals surface area contributed by atoms with Crippen molar-refractivity contribution in [1.82, 2.24) is 0 Å². The molecular weight excluding hydrogens is 444 g/mol. The van der Waals surface area contributed by atoms with E-state index >= 15 is 0 Å². The molecule has 0 radical (unpaired) electrons. The molecular formula is C24H26N2O8. The Balaban J connectivity index is 1.69. The van der Waals surface area contributed by atoms with Gasteiger partial charge in [0, 0.05) is 17.8 Å². The Bertz CT molecular complexity index is 1020. The standard InChI is InChI=1S/C24H26N2O8/c1-3-14-33-24(31)17-6-10-18(11-7-17)25-20(27)12-13-22(29)34-15-21(28)26-19-8-4-16(5-9-19)23(30)32-2/h4-11H,3,12-15H2,1-2H3,(H,25,27)(H,26,28). The first-order valence-corrected chi connectivity index (χ1v) is 10.5. The van der Waals surface area contributed by atoms with E-state index in [-0.39, 0.29) is 12.8 Å². The molecule has 0 aliphatic carbocycles. The molecule has 180 valence electrons. The third-order valence-corrected chi connectivity index (χ3v) is 4.35. The van der Waals surface area contributed by atoms with Crippen molar-refractivity contribution in [3.05, 3.63) is 59.7 Å². The lowest BCUT2D eigenvalue weighted by molar-refractivity contribution is -0.147. The van der Waals surface area contributed by atoms with Gasteiger partial charge < -0.3 is 24.8 Å². The fourth-order valence-corrected chi connectivity index (χ4v) is 2.63. The SMILES string of the molecule is CCCOC(=O)c1ccc(NC(=O)CCC(=O)OCC(=O)Nc2ccc(C(=O)OC)cc2)cc1. The number of benzene rings is 2. The number of hydrogen-bond acceptors (Lipinski definition) is 8. The van der Waals surface area contributed by atoms with Crippen molar-refractivity contribution in [1.29, 1.82) is 0 Å². The van der Waals surface area contributed by atoms with Crippen LogP contribution in [0.1, 0.15) is 46.9 Å². The number of carbonyl (C=O) groups excluding carboxylic acids is 5. The van der Waals surface area contributed by atoms with Gasteiger partial charge in [0.15, 0.2) is 6.61 Å². The minimum atomic E-state index is -0.708. The Morgan fingerprint density at radius 2 is 1.24 bits per heavy atom. The second-order valence-corrected chi connectivity index (χ2v) is 7.04. The Morgan fingerprint density at radius 1 is 0.706 bits per heavy atom. The van der Waals surface area contributed by atoms with E-state index in [9.17, 15) is 24.0 Å². The molecule has 34 heavy (non-hydrogen) atoms. The Hall–Kier alpha value is -4.21. The lowest BCUT2D eigenvalue weighted by atomic mass is 10.2. The van der Waals surface area contributed by atoms with Crippen LogP contribution in [0.25, 0.3) is 0 Å². The molecule has 0 atom stereocenters. The summed E-state index contributed by atoms with van der Waals surface area (Å²) < 4.78 is 14.5. The van der Waals surface area contributed by atoms with Gasteiger partial charge in [0.25, 0.3) is 5.91 Å². The fraction of sp³-hybridized carbons (Fsp3) is 0.292. The maximum absolute atomic E-state index is 12.0. The third kappa shape index (κ3) is 8.73. The van der Waals surface area contributed by atoms with Gasteiger partial charge in [-0.1, -0.05) is 6.92 Å². The molecule has 0 aromatic heterocycles. The van der Waals surface area contributed by atoms with Gasteiger partial charge in [0.05, 0.1) is 31.3 Å². The molecule has 0 bridgehead atoms. The molecule has 2 aromatic rings. The largest absolute Gasteiger partial charge is 0.465 e. The van der Waals surface area contributed by atoms with Gasteiger partial charge in [-0.3, -0.25) is 14.4 Å². The normalized spacial score (nSPS) is 10.1. The summed E-state index contributed by atoms with van der Waals surface area (Å²) in [5.41, 5.74) is 1.57. The smallest absolute Gasteiger partial charge is 0.338 e. The molecule has 0 saturated carbocycles. The molecule has 2 rings (SSSR count). The molecule has 0 unspecified atom stereocenters. The van der Waals surface area contributed by atoms with E-state index < -0.39 is 36.3 Å². The van der Waals surface area contributed by atoms with Gasteiger partial charge in [0.1, 0.15) is 0 Å². The molecule has 0 heterocycles. The lowest BCUT2D eigenvalue weighted by Gasteiger charge is -2.08. The molecule has 0 saturated heterocycles. The fourth-order valence-electron chi connectivity index (χ4n) is 2.63. The van der Waals surface area contributed by atoms with Crippen LogP contribution in [0.5, 0.6) is 0 Å². The summed E-state index contributed by atoms with van der Waals surface area (Å²) in [5.74, 6) is -2.64. The predicted molar refractivity (Wildman–Crippen MR) is 122 cm³/mol. The molecule has 0 fully saturated rings. The quantitative estimate of drug-likeness (QED) is 0.378. The van der Waals surface area contributed by atoms with Crippen LogP contribution in [0.15, 0.2) is 48.5 Å². The summed E-state index contributed by atoms with van der Waals surface area (Å²) in [4.78, 5) is 58.9. The third-order valence-electron chi connectivity index (χ3n) is 4.35. The first-order valence-electron chi connectivity index (χ1n) is 10.5. The van der Waals surface area contributed by atoms with Crippen molar-refractivity contribution in [3.63, 3.8) is 0 Å². The molecule has 10 heteroatoms. The zero-order chi connectivity index (χ0) is 24.9. The predicted octanol–water partition coefficient (Wildman–Crippen LogP) is 2.94. The first kappa shape index (κ1) is 26.0. The van der Waals surface area contributed by atoms with Crippen molar-refractivity contribution < 1.29 is 38.2 Å². The highest BCUT2D eigenvalue weighted by molar-refractivity contribution is 5.96. The van der Waals surface area contributed by atoms with E-state index in [1.54, 1.807) is 12.1 Å². The van der Waals surface area contributed by atoms with Crippen molar-refractivity contribution >= 4 is 41.1 Å². The maximum atomic E-state index is 12.0. The van der Waals surface area contributed by atoms with Crippen LogP contribution in [0.2, 0.25) is 0 Å². The number of ether oxygens (including phenoxy) is 3. The van der Waals surface area contributed by atoms with E-state index in [2.05, 4.69) is 15.4 Å². The average molecular weight is 470 g/mol. The molecule has 0 aliphatic heterocycles. The summed E-state index contributed by atoms with van der Waals surface area (Å²) in [6, 6.07) is 12.2. The van der Waals surface area contributed by atoms with Crippen LogP contribution >= 0.6 is 0 Å². The van der Waals surface area contributed by atoms with Crippen LogP contribution in [0.4, 0.5) is 11.4 Å². The summed E-state index contributed by atoms with van der Waals surface area (Å²) in [6.45, 7) is 1.71. The first-order chi connectivity index (χ1) is 16.3. The molecule has 2 amide bonds. The van der Waals surface area contributed by atoms with Crippen LogP contribution in [0, 0.1) is 0 Å². The van der Waals surface area contributed by atoms with Gasteiger partial charge in [-0.2, -0.15) is 0 Å². The van der Waals surface area contributed by atoms with Crippen LogP contribution < -0.4 is 10.6 Å². The number of esters is 3. The lowest BCUT2D eigenvalue weighted by Crippen LogP contribution is -2.21. The van der Waals surface area contributed by atoms with E-state index in [0.29, 0.717) is 29.1 Å². The number of methoxy groups -OCH3 is 1. The highest BCUT2D eigenvalue weighted by Gasteiger charge is 2.12. The number of nitrogens with one attached hydrogen (secondary N) is 2. The minimum Gasteiger partial charge on any atom is -0.465 e. The van der Waals surface area contributed by atoms with Crippen LogP contribution in [-0.4, -0.2) is 50.0 Å². The number of rotatable bonds is 11. The Labute approximate surface area is 196 Å². The summed E-state index contributed by atoms with van der Waals surface area (Å²) in [7, 11) is 1.27. The summed E-state index contributed by atoms with van der Waals surface area (Å²) in [6.07, 6.45) is 0.364. The highest BCUT2D eigenvalue weighted by Crippen LogP contribution is 2.12. The van der Waals surface area contributed by atoms with Gasteiger partial charge in [-0.15, -0.1) is 0 Å². The van der Waals surface area contributed by atoms with E-state index in [4.69, 9.17) is 9.47 Å². The second-order valence-electron chi connectivity index (χ2n) is 7.04. The van der Waals surface area contributed by atoms with Crippen molar-refractivity contribution in [2.75, 3.05) is 31.0 Å². The van der Waals surface area contributed by atoms with Crippen LogP contribution in [-0.2, 0) is 28.6 Å². The number of hydrogen-bond donors (Lipinski definition) is 2. The maximum Gasteiger partial charge on any atom is 0.338 e. The van der Waals surface area contributed by atoms with Gasteiger partial charge in [-0.25, -0.2) is 9.59 Å². The summed E-state index contributed by atoms with van der Waals surface area (Å²) in [5, 5.41) is 5.13. The molecule has 0 aliphatic rings. The molecule has 2 aromatic carbocycles. The number of carbonyl (C=O) groups is 5. The van der Waals surface area contributed by atoms with E-state index in [0.717, 1.165) is 6.42 Å². The topological polar surface area (TPSA) is 137 Å². The zero-order valence-electron chi connectivity index (χ0n) is 18.9. The van der Waals surface area contributed by atoms with Crippen molar-refractivity contribution in [3.8, 4) is 0 Å². The van der Waals surface area contributed by atoms with Crippen LogP contribution in [0.3, 0.4) is 0 Å². The second kappa shape index (κ2) is 13.4. The van der Waals surface area contributed by atoms with Crippen molar-refractivity contribution in [2.45, 2.75) is 26.2 Å².